The molecule has 0 bridgehead atoms. The summed E-state index contributed by atoms with van der Waals surface area (Å²) in [6.07, 6.45) is -14.6. The van der Waals surface area contributed by atoms with Crippen LogP contribution in [0.2, 0.25) is 0 Å². The quantitative estimate of drug-likeness (QED) is 0.436. The molecule has 0 aliphatic heterocycles. The van der Waals surface area contributed by atoms with Gasteiger partial charge in [0.05, 0.1) is 6.07 Å². The van der Waals surface area contributed by atoms with Crippen LogP contribution in [0.25, 0.3) is 0 Å². The molecule has 0 spiro atoms. The first-order valence-corrected chi connectivity index (χ1v) is 9.66. The number of ether oxygens (including phenoxy) is 3. The first-order valence-electron chi connectivity index (χ1n) is 9.66. The number of nitrogens with zero attached hydrogens (tertiary/aromatic N) is 3. The van der Waals surface area contributed by atoms with Crippen molar-refractivity contribution in [3.05, 3.63) is 30.3 Å². The molecule has 1 aromatic heterocycles. The molecule has 0 fully saturated rings. The molecule has 1 N–H and O–H groups in total. The Hall–Kier alpha value is -3.66. The number of anilines is 2. The number of benzene rings is 1. The van der Waals surface area contributed by atoms with Gasteiger partial charge in [0.25, 0.3) is 0 Å². The van der Waals surface area contributed by atoms with Crippen LogP contribution >= 0.6 is 0 Å². The van der Waals surface area contributed by atoms with Crippen LogP contribution in [-0.2, 0) is 0 Å². The Morgan fingerprint density at radius 3 is 1.75 bits per heavy atom. The van der Waals surface area contributed by atoms with E-state index in [1.165, 1.54) is 13.8 Å². The van der Waals surface area contributed by atoms with E-state index in [1.54, 1.807) is 0 Å². The van der Waals surface area contributed by atoms with E-state index >= 15 is 0 Å². The van der Waals surface area contributed by atoms with Gasteiger partial charge < -0.3 is 14.2 Å². The summed E-state index contributed by atoms with van der Waals surface area (Å²) < 4.78 is 124. The smallest absolute Gasteiger partial charge is 0.468 e. The van der Waals surface area contributed by atoms with Crippen molar-refractivity contribution in [2.45, 2.75) is 38.6 Å². The average molecular weight is 536 g/mol. The number of hydrogen-bond acceptors (Lipinski definition) is 6. The van der Waals surface area contributed by atoms with Gasteiger partial charge in [-0.3, -0.25) is 10.2 Å². The number of rotatable bonds is 8. The van der Waals surface area contributed by atoms with Crippen LogP contribution in [0.4, 0.5) is 55.9 Å². The lowest BCUT2D eigenvalue weighted by Gasteiger charge is -2.27. The first-order chi connectivity index (χ1) is 16.4. The SMILES string of the molecule is CC(C)N(C(=O)Nc1nc(OCC(F)(F)F)cc(OCC(F)(F)F)n1)c1ccc(OC(F)(F)F)cc1. The van der Waals surface area contributed by atoms with E-state index in [2.05, 4.69) is 29.5 Å². The predicted molar refractivity (Wildman–Crippen MR) is 105 cm³/mol. The predicted octanol–water partition coefficient (Wildman–Crippen LogP) is 5.70. The number of urea groups is 1. The van der Waals surface area contributed by atoms with E-state index in [0.29, 0.717) is 6.07 Å². The molecule has 36 heavy (non-hydrogen) atoms. The maximum absolute atomic E-state index is 12.8. The number of halogens is 9. The fourth-order valence-electron chi connectivity index (χ4n) is 2.53. The zero-order valence-electron chi connectivity index (χ0n) is 18.3. The highest BCUT2D eigenvalue weighted by Crippen LogP contribution is 2.28. The molecule has 2 rings (SSSR count). The van der Waals surface area contributed by atoms with Gasteiger partial charge in [-0.1, -0.05) is 0 Å². The highest BCUT2D eigenvalue weighted by Gasteiger charge is 2.32. The Balaban J connectivity index is 2.28. The molecule has 0 atom stereocenters. The van der Waals surface area contributed by atoms with Crippen molar-refractivity contribution in [3.63, 3.8) is 0 Å². The number of hydrogen-bond donors (Lipinski definition) is 1. The molecular weight excluding hydrogens is 519 g/mol. The topological polar surface area (TPSA) is 85.8 Å². The lowest BCUT2D eigenvalue weighted by Crippen LogP contribution is -2.40. The Kier molecular flexibility index (Phi) is 8.69. The fraction of sp³-hybridized carbons (Fsp3) is 0.421. The third-order valence-corrected chi connectivity index (χ3v) is 3.75. The van der Waals surface area contributed by atoms with Gasteiger partial charge in [0, 0.05) is 11.7 Å². The maximum Gasteiger partial charge on any atom is 0.573 e. The molecule has 2 aromatic rings. The third kappa shape index (κ3) is 9.91. The Morgan fingerprint density at radius 1 is 0.889 bits per heavy atom. The van der Waals surface area contributed by atoms with Crippen LogP contribution in [0.15, 0.2) is 30.3 Å². The molecule has 1 aromatic carbocycles. The minimum Gasteiger partial charge on any atom is -0.468 e. The van der Waals surface area contributed by atoms with Crippen LogP contribution in [0.5, 0.6) is 17.5 Å². The molecule has 17 heteroatoms. The highest BCUT2D eigenvalue weighted by molar-refractivity contribution is 6.01. The molecule has 0 aliphatic rings. The second kappa shape index (κ2) is 10.9. The summed E-state index contributed by atoms with van der Waals surface area (Å²) in [6.45, 7) is -0.663. The molecule has 0 saturated carbocycles. The van der Waals surface area contributed by atoms with E-state index in [4.69, 9.17) is 0 Å². The summed E-state index contributed by atoms with van der Waals surface area (Å²) >= 11 is 0. The normalized spacial score (nSPS) is 12.3. The molecule has 200 valence electrons. The van der Waals surface area contributed by atoms with Crippen LogP contribution < -0.4 is 24.4 Å². The average Bonchev–Trinajstić information content (AvgIpc) is 2.70. The summed E-state index contributed by atoms with van der Waals surface area (Å²) in [5.41, 5.74) is 0.0649. The van der Waals surface area contributed by atoms with E-state index < -0.39 is 67.5 Å². The van der Waals surface area contributed by atoms with Gasteiger partial charge in [-0.2, -0.15) is 36.3 Å². The van der Waals surface area contributed by atoms with Crippen LogP contribution in [0.1, 0.15) is 13.8 Å². The summed E-state index contributed by atoms with van der Waals surface area (Å²) in [7, 11) is 0. The van der Waals surface area contributed by atoms with Crippen molar-refractivity contribution in [2.24, 2.45) is 0 Å². The van der Waals surface area contributed by atoms with Gasteiger partial charge in [-0.25, -0.2) is 4.79 Å². The van der Waals surface area contributed by atoms with Crippen LogP contribution in [0, 0.1) is 0 Å². The fourth-order valence-corrected chi connectivity index (χ4v) is 2.53. The third-order valence-electron chi connectivity index (χ3n) is 3.75. The van der Waals surface area contributed by atoms with Crippen LogP contribution in [-0.4, -0.2) is 54.0 Å². The standard InChI is InChI=1S/C19H17F9N4O4/c1-10(2)32(11-3-5-12(6-4-11)36-19(26,27)28)16(33)31-15-29-13(34-8-17(20,21)22)7-14(30-15)35-9-18(23,24)25/h3-7,10H,8-9H2,1-2H3,(H,29,30,31,33). The summed E-state index contributed by atoms with van der Waals surface area (Å²) in [5.74, 6) is -3.03. The highest BCUT2D eigenvalue weighted by atomic mass is 19.4. The molecular formula is C19H17F9N4O4. The zero-order chi connectivity index (χ0) is 27.3. The van der Waals surface area contributed by atoms with E-state index in [-0.39, 0.29) is 5.69 Å². The maximum atomic E-state index is 12.8. The number of alkyl halides is 9. The van der Waals surface area contributed by atoms with Gasteiger partial charge in [0.2, 0.25) is 17.7 Å². The summed E-state index contributed by atoms with van der Waals surface area (Å²) in [5, 5.41) is 2.08. The molecule has 1 heterocycles. The van der Waals surface area contributed by atoms with Gasteiger partial charge in [-0.05, 0) is 38.1 Å². The monoisotopic (exact) mass is 536 g/mol. The Morgan fingerprint density at radius 2 is 1.36 bits per heavy atom. The van der Waals surface area contributed by atoms with Crippen molar-refractivity contribution >= 4 is 17.7 Å². The van der Waals surface area contributed by atoms with Gasteiger partial charge >= 0.3 is 24.7 Å². The molecule has 0 aliphatic carbocycles. The van der Waals surface area contributed by atoms with Crippen molar-refractivity contribution in [1.29, 1.82) is 0 Å². The van der Waals surface area contributed by atoms with Crippen molar-refractivity contribution in [3.8, 4) is 17.5 Å². The lowest BCUT2D eigenvalue weighted by molar-refractivity contribution is -0.274. The van der Waals surface area contributed by atoms with Crippen molar-refractivity contribution < 1.29 is 58.5 Å². The first kappa shape index (κ1) is 28.6. The Bertz CT molecular complexity index is 989. The van der Waals surface area contributed by atoms with Crippen LogP contribution in [0.3, 0.4) is 0 Å². The van der Waals surface area contributed by atoms with E-state index in [9.17, 15) is 44.3 Å². The van der Waals surface area contributed by atoms with E-state index in [0.717, 1.165) is 29.2 Å². The number of amides is 2. The summed E-state index contributed by atoms with van der Waals surface area (Å²) in [6, 6.07) is 2.99. The van der Waals surface area contributed by atoms with E-state index in [1.807, 2.05) is 0 Å². The minimum absolute atomic E-state index is 0.0649. The van der Waals surface area contributed by atoms with Crippen molar-refractivity contribution in [2.75, 3.05) is 23.4 Å². The number of carbonyl (C=O) groups is 1. The Labute approximate surface area is 197 Å². The van der Waals surface area contributed by atoms with Gasteiger partial charge in [0.15, 0.2) is 13.2 Å². The molecule has 0 unspecified atom stereocenters. The molecule has 0 radical (unpaired) electrons. The second-order valence-electron chi connectivity index (χ2n) is 7.11. The minimum atomic E-state index is -4.95. The largest absolute Gasteiger partial charge is 0.573 e. The molecule has 2 amide bonds. The molecule has 8 nitrogen and oxygen atoms in total. The van der Waals surface area contributed by atoms with Gasteiger partial charge in [0.1, 0.15) is 5.75 Å². The molecule has 0 saturated heterocycles. The number of aromatic nitrogens is 2. The summed E-state index contributed by atoms with van der Waals surface area (Å²) in [4.78, 5) is 20.8. The van der Waals surface area contributed by atoms with Gasteiger partial charge in [-0.15, -0.1) is 13.2 Å². The number of carbonyl (C=O) groups excluding carboxylic acids is 1. The number of nitrogens with one attached hydrogen (secondary N) is 1. The second-order valence-corrected chi connectivity index (χ2v) is 7.11. The lowest BCUT2D eigenvalue weighted by atomic mass is 10.2. The van der Waals surface area contributed by atoms with Crippen molar-refractivity contribution in [1.82, 2.24) is 9.97 Å². The zero-order valence-corrected chi connectivity index (χ0v) is 18.3.